The van der Waals surface area contributed by atoms with Crippen molar-refractivity contribution in [2.45, 2.75) is 25.3 Å². The average molecular weight is 252 g/mol. The Hall–Kier alpha value is -1.89. The quantitative estimate of drug-likeness (QED) is 0.625. The number of aromatic nitrogens is 1. The summed E-state index contributed by atoms with van der Waals surface area (Å²) >= 11 is 0. The second-order valence-electron chi connectivity index (χ2n) is 4.69. The highest BCUT2D eigenvalue weighted by atomic mass is 16.6. The van der Waals surface area contributed by atoms with Gasteiger partial charge < -0.3 is 15.8 Å². The maximum atomic E-state index is 10.8. The zero-order valence-corrected chi connectivity index (χ0v) is 10.2. The molecule has 7 heteroatoms. The van der Waals surface area contributed by atoms with Crippen LogP contribution in [0.15, 0.2) is 12.1 Å². The molecule has 0 bridgehead atoms. The van der Waals surface area contributed by atoms with E-state index in [4.69, 9.17) is 10.5 Å². The van der Waals surface area contributed by atoms with Gasteiger partial charge in [-0.25, -0.2) is 4.98 Å². The maximum Gasteiger partial charge on any atom is 0.276 e. The van der Waals surface area contributed by atoms with Crippen molar-refractivity contribution < 1.29 is 9.66 Å². The summed E-state index contributed by atoms with van der Waals surface area (Å²) in [4.78, 5) is 14.4. The lowest BCUT2D eigenvalue weighted by molar-refractivity contribution is -0.384. The molecule has 18 heavy (non-hydrogen) atoms. The van der Waals surface area contributed by atoms with Crippen LogP contribution in [0.5, 0.6) is 0 Å². The predicted octanol–water partition coefficient (Wildman–Crippen LogP) is 1.55. The standard InChI is InChI=1S/C11H16N4O3/c1-11(2-4-18-5-3-11)14-10-7-8(15(16)17)6-9(12)13-10/h6-7H,2-5H2,1H3,(H3,12,13,14). The first-order chi connectivity index (χ1) is 8.48. The van der Waals surface area contributed by atoms with Crippen molar-refractivity contribution in [3.05, 3.63) is 22.2 Å². The number of nitrogen functional groups attached to an aromatic ring is 1. The number of ether oxygens (including phenoxy) is 1. The summed E-state index contributed by atoms with van der Waals surface area (Å²) in [5.74, 6) is 0.577. The Kier molecular flexibility index (Phi) is 3.33. The summed E-state index contributed by atoms with van der Waals surface area (Å²) < 4.78 is 5.29. The highest BCUT2D eigenvalue weighted by Crippen LogP contribution is 2.27. The topological polar surface area (TPSA) is 103 Å². The van der Waals surface area contributed by atoms with Crippen LogP contribution in [0.1, 0.15) is 19.8 Å². The molecule has 0 radical (unpaired) electrons. The minimum Gasteiger partial charge on any atom is -0.383 e. The third-order valence-electron chi connectivity index (χ3n) is 3.07. The first kappa shape index (κ1) is 12.6. The molecule has 1 aromatic heterocycles. The molecule has 0 unspecified atom stereocenters. The molecule has 0 saturated carbocycles. The van der Waals surface area contributed by atoms with Crippen molar-refractivity contribution in [1.82, 2.24) is 4.98 Å². The Bertz CT molecular complexity index is 458. The van der Waals surface area contributed by atoms with E-state index < -0.39 is 4.92 Å². The number of nitro groups is 1. The minimum absolute atomic E-state index is 0.0549. The summed E-state index contributed by atoms with van der Waals surface area (Å²) in [6.07, 6.45) is 1.66. The highest BCUT2D eigenvalue weighted by Gasteiger charge is 2.28. The monoisotopic (exact) mass is 252 g/mol. The van der Waals surface area contributed by atoms with Crippen LogP contribution in [0.25, 0.3) is 0 Å². The van der Waals surface area contributed by atoms with E-state index in [9.17, 15) is 10.1 Å². The van der Waals surface area contributed by atoms with Gasteiger partial charge in [-0.05, 0) is 19.8 Å². The van der Waals surface area contributed by atoms with Gasteiger partial charge in [0.05, 0.1) is 17.1 Å². The van der Waals surface area contributed by atoms with E-state index in [2.05, 4.69) is 10.3 Å². The van der Waals surface area contributed by atoms with Crippen molar-refractivity contribution in [3.63, 3.8) is 0 Å². The van der Waals surface area contributed by atoms with Crippen LogP contribution in [-0.4, -0.2) is 28.7 Å². The Morgan fingerprint density at radius 3 is 2.78 bits per heavy atom. The Morgan fingerprint density at radius 2 is 2.17 bits per heavy atom. The van der Waals surface area contributed by atoms with E-state index in [1.54, 1.807) is 0 Å². The molecule has 1 aliphatic rings. The van der Waals surface area contributed by atoms with E-state index in [1.165, 1.54) is 12.1 Å². The number of nitrogens with one attached hydrogen (secondary N) is 1. The number of anilines is 2. The van der Waals surface area contributed by atoms with Gasteiger partial charge in [-0.15, -0.1) is 0 Å². The molecular weight excluding hydrogens is 236 g/mol. The molecule has 98 valence electrons. The van der Waals surface area contributed by atoms with Crippen LogP contribution in [0.3, 0.4) is 0 Å². The summed E-state index contributed by atoms with van der Waals surface area (Å²) in [5.41, 5.74) is 5.35. The molecule has 1 saturated heterocycles. The van der Waals surface area contributed by atoms with Crippen LogP contribution in [0.2, 0.25) is 0 Å². The second-order valence-corrected chi connectivity index (χ2v) is 4.69. The second kappa shape index (κ2) is 4.77. The summed E-state index contributed by atoms with van der Waals surface area (Å²) in [6, 6.07) is 2.65. The fourth-order valence-corrected chi connectivity index (χ4v) is 1.96. The molecule has 1 aromatic rings. The first-order valence-electron chi connectivity index (χ1n) is 5.76. The van der Waals surface area contributed by atoms with Gasteiger partial charge >= 0.3 is 0 Å². The zero-order valence-electron chi connectivity index (χ0n) is 10.2. The molecule has 0 spiro atoms. The summed E-state index contributed by atoms with van der Waals surface area (Å²) in [5, 5.41) is 14.0. The molecule has 1 aliphatic heterocycles. The fraction of sp³-hybridized carbons (Fsp3) is 0.545. The van der Waals surface area contributed by atoms with Crippen molar-refractivity contribution >= 4 is 17.3 Å². The van der Waals surface area contributed by atoms with Crippen molar-refractivity contribution in [2.24, 2.45) is 0 Å². The highest BCUT2D eigenvalue weighted by molar-refractivity contribution is 5.53. The molecule has 0 aliphatic carbocycles. The number of nitrogens with two attached hydrogens (primary N) is 1. The molecular formula is C11H16N4O3. The lowest BCUT2D eigenvalue weighted by Gasteiger charge is -2.34. The SMILES string of the molecule is CC1(Nc2cc([N+](=O)[O-])cc(N)n2)CCOCC1. The summed E-state index contributed by atoms with van der Waals surface area (Å²) in [7, 11) is 0. The molecule has 0 atom stereocenters. The lowest BCUT2D eigenvalue weighted by atomic mass is 9.92. The van der Waals surface area contributed by atoms with Crippen molar-refractivity contribution in [1.29, 1.82) is 0 Å². The molecule has 2 rings (SSSR count). The smallest absolute Gasteiger partial charge is 0.276 e. The number of hydrogen-bond donors (Lipinski definition) is 2. The maximum absolute atomic E-state index is 10.8. The van der Waals surface area contributed by atoms with Gasteiger partial charge in [0, 0.05) is 18.8 Å². The van der Waals surface area contributed by atoms with Crippen LogP contribution in [0, 0.1) is 10.1 Å². The lowest BCUT2D eigenvalue weighted by Crippen LogP contribution is -2.40. The van der Waals surface area contributed by atoms with Gasteiger partial charge in [-0.2, -0.15) is 0 Å². The zero-order chi connectivity index (χ0) is 13.2. The van der Waals surface area contributed by atoms with Crippen molar-refractivity contribution in [2.75, 3.05) is 24.3 Å². The first-order valence-corrected chi connectivity index (χ1v) is 5.76. The predicted molar refractivity (Wildman–Crippen MR) is 67.4 cm³/mol. The third kappa shape index (κ3) is 2.86. The van der Waals surface area contributed by atoms with Gasteiger partial charge in [0.25, 0.3) is 5.69 Å². The minimum atomic E-state index is -0.477. The number of pyridine rings is 1. The van der Waals surface area contributed by atoms with E-state index in [0.717, 1.165) is 12.8 Å². The van der Waals surface area contributed by atoms with Gasteiger partial charge in [-0.3, -0.25) is 10.1 Å². The van der Waals surface area contributed by atoms with Gasteiger partial charge in [0.2, 0.25) is 0 Å². The number of nitrogens with zero attached hydrogens (tertiary/aromatic N) is 2. The number of rotatable bonds is 3. The summed E-state index contributed by atoms with van der Waals surface area (Å²) in [6.45, 7) is 3.40. The number of hydrogen-bond acceptors (Lipinski definition) is 6. The van der Waals surface area contributed by atoms with Crippen molar-refractivity contribution in [3.8, 4) is 0 Å². The largest absolute Gasteiger partial charge is 0.383 e. The molecule has 3 N–H and O–H groups in total. The van der Waals surface area contributed by atoms with Crippen LogP contribution in [0.4, 0.5) is 17.3 Å². The van der Waals surface area contributed by atoms with Gasteiger partial charge in [0.1, 0.15) is 11.6 Å². The van der Waals surface area contributed by atoms with E-state index in [0.29, 0.717) is 19.0 Å². The van der Waals surface area contributed by atoms with Crippen LogP contribution >= 0.6 is 0 Å². The normalized spacial score (nSPS) is 18.3. The Labute approximate surface area is 104 Å². The van der Waals surface area contributed by atoms with Crippen LogP contribution in [-0.2, 0) is 4.74 Å². The molecule has 0 aromatic carbocycles. The van der Waals surface area contributed by atoms with Gasteiger partial charge in [-0.1, -0.05) is 0 Å². The van der Waals surface area contributed by atoms with E-state index in [-0.39, 0.29) is 17.0 Å². The van der Waals surface area contributed by atoms with E-state index >= 15 is 0 Å². The van der Waals surface area contributed by atoms with Gasteiger partial charge in [0.15, 0.2) is 0 Å². The fourth-order valence-electron chi connectivity index (χ4n) is 1.96. The van der Waals surface area contributed by atoms with E-state index in [1.807, 2.05) is 6.92 Å². The third-order valence-corrected chi connectivity index (χ3v) is 3.07. The van der Waals surface area contributed by atoms with Crippen LogP contribution < -0.4 is 11.1 Å². The molecule has 2 heterocycles. The molecule has 7 nitrogen and oxygen atoms in total. The Balaban J connectivity index is 2.20. The Morgan fingerprint density at radius 1 is 1.50 bits per heavy atom. The molecule has 1 fully saturated rings. The average Bonchev–Trinajstić information content (AvgIpc) is 2.28. The molecule has 0 amide bonds.